The molecule has 2 aromatic rings. The SMILES string of the molecule is Cc1ccc2[nH]cc(NC(=O)NC[C@@H]3CCCO3)c(=O)c2c1. The van der Waals surface area contributed by atoms with Crippen molar-refractivity contribution in [3.05, 3.63) is 40.2 Å². The smallest absolute Gasteiger partial charge is 0.319 e. The molecule has 0 aliphatic carbocycles. The molecule has 1 aliphatic rings. The van der Waals surface area contributed by atoms with Gasteiger partial charge in [0.15, 0.2) is 0 Å². The van der Waals surface area contributed by atoms with Crippen molar-refractivity contribution in [2.75, 3.05) is 18.5 Å². The third-order valence-corrected chi connectivity index (χ3v) is 3.80. The van der Waals surface area contributed by atoms with Crippen LogP contribution in [-0.4, -0.2) is 30.3 Å². The average molecular weight is 301 g/mol. The van der Waals surface area contributed by atoms with Gasteiger partial charge in [-0.2, -0.15) is 0 Å². The highest BCUT2D eigenvalue weighted by atomic mass is 16.5. The third-order valence-electron chi connectivity index (χ3n) is 3.80. The molecule has 0 spiro atoms. The van der Waals surface area contributed by atoms with Crippen LogP contribution in [0, 0.1) is 6.92 Å². The topological polar surface area (TPSA) is 83.2 Å². The van der Waals surface area contributed by atoms with E-state index in [0.717, 1.165) is 30.5 Å². The van der Waals surface area contributed by atoms with Crippen LogP contribution in [0.5, 0.6) is 0 Å². The fraction of sp³-hybridized carbons (Fsp3) is 0.375. The summed E-state index contributed by atoms with van der Waals surface area (Å²) in [5, 5.41) is 5.89. The van der Waals surface area contributed by atoms with Gasteiger partial charge in [-0.1, -0.05) is 11.6 Å². The quantitative estimate of drug-likeness (QED) is 0.812. The summed E-state index contributed by atoms with van der Waals surface area (Å²) in [5.74, 6) is 0. The second-order valence-corrected chi connectivity index (χ2v) is 5.55. The van der Waals surface area contributed by atoms with Crippen molar-refractivity contribution in [3.8, 4) is 0 Å². The normalized spacial score (nSPS) is 17.6. The van der Waals surface area contributed by atoms with Gasteiger partial charge in [0.2, 0.25) is 5.43 Å². The van der Waals surface area contributed by atoms with Gasteiger partial charge in [0, 0.05) is 30.3 Å². The Morgan fingerprint density at radius 3 is 3.09 bits per heavy atom. The second-order valence-electron chi connectivity index (χ2n) is 5.55. The van der Waals surface area contributed by atoms with Gasteiger partial charge < -0.3 is 20.4 Å². The number of nitrogens with one attached hydrogen (secondary N) is 3. The van der Waals surface area contributed by atoms with Gasteiger partial charge >= 0.3 is 6.03 Å². The number of ether oxygens (including phenoxy) is 1. The van der Waals surface area contributed by atoms with Gasteiger partial charge in [0.25, 0.3) is 0 Å². The first-order valence-corrected chi connectivity index (χ1v) is 7.42. The number of aromatic amines is 1. The Kier molecular flexibility index (Phi) is 4.11. The maximum Gasteiger partial charge on any atom is 0.319 e. The van der Waals surface area contributed by atoms with E-state index in [2.05, 4.69) is 15.6 Å². The lowest BCUT2D eigenvalue weighted by Gasteiger charge is -2.11. The summed E-state index contributed by atoms with van der Waals surface area (Å²) >= 11 is 0. The van der Waals surface area contributed by atoms with E-state index in [0.29, 0.717) is 11.9 Å². The first-order valence-electron chi connectivity index (χ1n) is 7.42. The summed E-state index contributed by atoms with van der Waals surface area (Å²) in [6, 6.07) is 5.20. The van der Waals surface area contributed by atoms with Crippen LogP contribution >= 0.6 is 0 Å². The molecule has 2 heterocycles. The molecule has 3 rings (SSSR count). The molecule has 1 saturated heterocycles. The molecule has 6 heteroatoms. The zero-order valence-corrected chi connectivity index (χ0v) is 12.4. The number of urea groups is 1. The van der Waals surface area contributed by atoms with E-state index < -0.39 is 6.03 Å². The molecule has 2 amide bonds. The molecule has 0 unspecified atom stereocenters. The number of rotatable bonds is 3. The van der Waals surface area contributed by atoms with Crippen molar-refractivity contribution < 1.29 is 9.53 Å². The molecular weight excluding hydrogens is 282 g/mol. The Morgan fingerprint density at radius 1 is 1.45 bits per heavy atom. The summed E-state index contributed by atoms with van der Waals surface area (Å²) in [4.78, 5) is 27.3. The van der Waals surface area contributed by atoms with E-state index in [1.165, 1.54) is 6.20 Å². The number of pyridine rings is 1. The van der Waals surface area contributed by atoms with Crippen LogP contribution in [-0.2, 0) is 4.74 Å². The van der Waals surface area contributed by atoms with Gasteiger partial charge in [-0.05, 0) is 31.9 Å². The highest BCUT2D eigenvalue weighted by molar-refractivity contribution is 5.92. The molecule has 1 aromatic heterocycles. The average Bonchev–Trinajstić information content (AvgIpc) is 3.02. The standard InChI is InChI=1S/C16H19N3O3/c1-10-4-5-13-12(7-10)15(20)14(9-17-13)19-16(21)18-8-11-3-2-6-22-11/h4-5,7,9,11H,2-3,6,8H2,1H3,(H,17,20)(H2,18,19,21)/t11-/m0/s1. The monoisotopic (exact) mass is 301 g/mol. The summed E-state index contributed by atoms with van der Waals surface area (Å²) < 4.78 is 5.44. The van der Waals surface area contributed by atoms with Gasteiger partial charge in [0.05, 0.1) is 6.10 Å². The minimum atomic E-state index is -0.395. The van der Waals surface area contributed by atoms with E-state index in [-0.39, 0.29) is 17.2 Å². The number of aryl methyl sites for hydroxylation is 1. The van der Waals surface area contributed by atoms with E-state index in [1.54, 1.807) is 0 Å². The fourth-order valence-electron chi connectivity index (χ4n) is 2.60. The Labute approximate surface area is 127 Å². The van der Waals surface area contributed by atoms with Crippen molar-refractivity contribution in [2.45, 2.75) is 25.9 Å². The summed E-state index contributed by atoms with van der Waals surface area (Å²) in [6.07, 6.45) is 3.57. The first kappa shape index (κ1) is 14.6. The van der Waals surface area contributed by atoms with Gasteiger partial charge in [-0.15, -0.1) is 0 Å². The van der Waals surface area contributed by atoms with E-state index in [4.69, 9.17) is 4.74 Å². The van der Waals surface area contributed by atoms with Crippen LogP contribution in [0.2, 0.25) is 0 Å². The number of benzene rings is 1. The molecule has 116 valence electrons. The molecule has 0 radical (unpaired) electrons. The predicted molar refractivity (Wildman–Crippen MR) is 85.3 cm³/mol. The van der Waals surface area contributed by atoms with Gasteiger partial charge in [-0.3, -0.25) is 4.79 Å². The molecule has 1 aromatic carbocycles. The van der Waals surface area contributed by atoms with Crippen LogP contribution in [0.4, 0.5) is 10.5 Å². The largest absolute Gasteiger partial charge is 0.376 e. The van der Waals surface area contributed by atoms with Crippen LogP contribution in [0.25, 0.3) is 10.9 Å². The number of anilines is 1. The van der Waals surface area contributed by atoms with E-state index >= 15 is 0 Å². The van der Waals surface area contributed by atoms with Crippen molar-refractivity contribution in [2.24, 2.45) is 0 Å². The van der Waals surface area contributed by atoms with Crippen LogP contribution < -0.4 is 16.1 Å². The summed E-state index contributed by atoms with van der Waals surface area (Å²) in [7, 11) is 0. The number of carbonyl (C=O) groups is 1. The summed E-state index contributed by atoms with van der Waals surface area (Å²) in [6.45, 7) is 3.13. The number of amides is 2. The van der Waals surface area contributed by atoms with E-state index in [9.17, 15) is 9.59 Å². The predicted octanol–water partition coefficient (Wildman–Crippen LogP) is 2.14. The molecule has 22 heavy (non-hydrogen) atoms. The van der Waals surface area contributed by atoms with Crippen molar-refractivity contribution in [1.82, 2.24) is 10.3 Å². The lowest BCUT2D eigenvalue weighted by molar-refractivity contribution is 0.112. The number of aromatic nitrogens is 1. The van der Waals surface area contributed by atoms with E-state index in [1.807, 2.05) is 25.1 Å². The van der Waals surface area contributed by atoms with Crippen molar-refractivity contribution in [1.29, 1.82) is 0 Å². The van der Waals surface area contributed by atoms with Gasteiger partial charge in [0.1, 0.15) is 5.69 Å². The highest BCUT2D eigenvalue weighted by Gasteiger charge is 2.16. The number of hydrogen-bond acceptors (Lipinski definition) is 3. The molecular formula is C16H19N3O3. The molecule has 0 saturated carbocycles. The van der Waals surface area contributed by atoms with Crippen LogP contribution in [0.1, 0.15) is 18.4 Å². The minimum absolute atomic E-state index is 0.0725. The lowest BCUT2D eigenvalue weighted by Crippen LogP contribution is -2.36. The maximum absolute atomic E-state index is 12.4. The number of hydrogen-bond donors (Lipinski definition) is 3. The zero-order chi connectivity index (χ0) is 15.5. The van der Waals surface area contributed by atoms with Gasteiger partial charge in [-0.25, -0.2) is 4.79 Å². The van der Waals surface area contributed by atoms with Crippen LogP contribution in [0.15, 0.2) is 29.2 Å². The molecule has 1 fully saturated rings. The number of carbonyl (C=O) groups excluding carboxylic acids is 1. The van der Waals surface area contributed by atoms with Crippen LogP contribution in [0.3, 0.4) is 0 Å². The molecule has 1 aliphatic heterocycles. The second kappa shape index (κ2) is 6.19. The summed E-state index contributed by atoms with van der Waals surface area (Å²) in [5.41, 5.74) is 1.80. The maximum atomic E-state index is 12.4. The Bertz CT molecular complexity index is 748. The minimum Gasteiger partial charge on any atom is -0.376 e. The zero-order valence-electron chi connectivity index (χ0n) is 12.4. The molecule has 3 N–H and O–H groups in total. The highest BCUT2D eigenvalue weighted by Crippen LogP contribution is 2.13. The fourth-order valence-corrected chi connectivity index (χ4v) is 2.60. The Balaban J connectivity index is 1.71. The Hall–Kier alpha value is -2.34. The molecule has 0 bridgehead atoms. The Morgan fingerprint density at radius 2 is 2.32 bits per heavy atom. The van der Waals surface area contributed by atoms with Crippen molar-refractivity contribution in [3.63, 3.8) is 0 Å². The molecule has 6 nitrogen and oxygen atoms in total. The number of fused-ring (bicyclic) bond motifs is 1. The number of H-pyrrole nitrogens is 1. The third kappa shape index (κ3) is 3.12. The first-order chi connectivity index (χ1) is 10.6. The molecule has 1 atom stereocenters. The van der Waals surface area contributed by atoms with Crippen molar-refractivity contribution >= 4 is 22.6 Å². The lowest BCUT2D eigenvalue weighted by atomic mass is 10.1.